The number of nitrogens with one attached hydrogen (secondary N) is 1. The normalized spacial score (nSPS) is 18.8. The van der Waals surface area contributed by atoms with E-state index < -0.39 is 0 Å². The molecule has 1 aromatic carbocycles. The first-order valence-electron chi connectivity index (χ1n) is 8.39. The minimum atomic E-state index is 0.159. The molecule has 0 bridgehead atoms. The van der Waals surface area contributed by atoms with Gasteiger partial charge in [-0.3, -0.25) is 4.90 Å². The molecule has 118 valence electrons. The van der Waals surface area contributed by atoms with Crippen LogP contribution in [0.5, 0.6) is 0 Å². The van der Waals surface area contributed by atoms with Crippen molar-refractivity contribution < 1.29 is 0 Å². The SMILES string of the molecule is CCN(CC(C)(CNC(C)(C)C)c1ccccc1)C1CC1. The summed E-state index contributed by atoms with van der Waals surface area (Å²) in [5, 5.41) is 3.72. The van der Waals surface area contributed by atoms with Gasteiger partial charge < -0.3 is 5.32 Å². The van der Waals surface area contributed by atoms with Gasteiger partial charge >= 0.3 is 0 Å². The van der Waals surface area contributed by atoms with Crippen LogP contribution in [0.15, 0.2) is 30.3 Å². The van der Waals surface area contributed by atoms with Gasteiger partial charge in [-0.15, -0.1) is 0 Å². The highest BCUT2D eigenvalue weighted by Crippen LogP contribution is 2.32. The molecule has 1 fully saturated rings. The van der Waals surface area contributed by atoms with E-state index in [2.05, 4.69) is 75.2 Å². The third-order valence-corrected chi connectivity index (χ3v) is 4.50. The van der Waals surface area contributed by atoms with Gasteiger partial charge in [-0.25, -0.2) is 0 Å². The fourth-order valence-electron chi connectivity index (χ4n) is 2.94. The predicted molar refractivity (Wildman–Crippen MR) is 91.8 cm³/mol. The molecule has 1 aliphatic rings. The highest BCUT2D eigenvalue weighted by atomic mass is 15.2. The number of nitrogens with zero attached hydrogens (tertiary/aromatic N) is 1. The quantitative estimate of drug-likeness (QED) is 0.820. The van der Waals surface area contributed by atoms with E-state index in [1.54, 1.807) is 0 Å². The van der Waals surface area contributed by atoms with Crippen LogP contribution in [-0.2, 0) is 5.41 Å². The van der Waals surface area contributed by atoms with Gasteiger partial charge in [-0.2, -0.15) is 0 Å². The fraction of sp³-hybridized carbons (Fsp3) is 0.684. The summed E-state index contributed by atoms with van der Waals surface area (Å²) in [6, 6.07) is 11.8. The average molecular weight is 288 g/mol. The van der Waals surface area contributed by atoms with Crippen molar-refractivity contribution in [2.24, 2.45) is 0 Å². The zero-order valence-corrected chi connectivity index (χ0v) is 14.4. The van der Waals surface area contributed by atoms with Crippen molar-refractivity contribution in [3.8, 4) is 0 Å². The van der Waals surface area contributed by atoms with E-state index in [1.165, 1.54) is 18.4 Å². The number of benzene rings is 1. The lowest BCUT2D eigenvalue weighted by molar-refractivity contribution is 0.202. The molecule has 0 heterocycles. The van der Waals surface area contributed by atoms with Crippen LogP contribution in [0.25, 0.3) is 0 Å². The largest absolute Gasteiger partial charge is 0.311 e. The summed E-state index contributed by atoms with van der Waals surface area (Å²) in [6.45, 7) is 14.8. The van der Waals surface area contributed by atoms with Crippen LogP contribution >= 0.6 is 0 Å². The highest BCUT2D eigenvalue weighted by Gasteiger charge is 2.35. The van der Waals surface area contributed by atoms with Crippen LogP contribution in [0.4, 0.5) is 0 Å². The topological polar surface area (TPSA) is 15.3 Å². The molecule has 1 N–H and O–H groups in total. The van der Waals surface area contributed by atoms with Gasteiger partial charge in [0.2, 0.25) is 0 Å². The third kappa shape index (κ3) is 4.82. The first-order chi connectivity index (χ1) is 9.84. The fourth-order valence-corrected chi connectivity index (χ4v) is 2.94. The maximum absolute atomic E-state index is 3.72. The summed E-state index contributed by atoms with van der Waals surface area (Å²) in [7, 11) is 0. The Bertz CT molecular complexity index is 431. The molecule has 2 rings (SSSR count). The second-order valence-electron chi connectivity index (χ2n) is 7.82. The Morgan fingerprint density at radius 3 is 2.19 bits per heavy atom. The smallest absolute Gasteiger partial charge is 0.0177 e. The molecule has 0 aromatic heterocycles. The molecule has 0 spiro atoms. The molecule has 0 saturated heterocycles. The van der Waals surface area contributed by atoms with Gasteiger partial charge in [0.05, 0.1) is 0 Å². The first kappa shape index (κ1) is 16.5. The Kier molecular flexibility index (Phi) is 5.11. The van der Waals surface area contributed by atoms with E-state index in [4.69, 9.17) is 0 Å². The number of hydrogen-bond acceptors (Lipinski definition) is 2. The van der Waals surface area contributed by atoms with Crippen molar-refractivity contribution in [2.75, 3.05) is 19.6 Å². The molecule has 21 heavy (non-hydrogen) atoms. The summed E-state index contributed by atoms with van der Waals surface area (Å²) in [5.41, 5.74) is 1.76. The molecule has 2 nitrogen and oxygen atoms in total. The summed E-state index contributed by atoms with van der Waals surface area (Å²) in [5.74, 6) is 0. The molecule has 1 aromatic rings. The van der Waals surface area contributed by atoms with E-state index in [0.717, 1.165) is 25.7 Å². The van der Waals surface area contributed by atoms with Crippen molar-refractivity contribution in [2.45, 2.75) is 64.5 Å². The summed E-state index contributed by atoms with van der Waals surface area (Å²) in [6.07, 6.45) is 2.76. The molecular weight excluding hydrogens is 256 g/mol. The Labute approximate surface area is 130 Å². The third-order valence-electron chi connectivity index (χ3n) is 4.50. The molecular formula is C19H32N2. The van der Waals surface area contributed by atoms with E-state index >= 15 is 0 Å². The Hall–Kier alpha value is -0.860. The number of likely N-dealkylation sites (N-methyl/N-ethyl adjacent to an activating group) is 1. The van der Waals surface area contributed by atoms with Gasteiger partial charge in [0.15, 0.2) is 0 Å². The van der Waals surface area contributed by atoms with E-state index in [9.17, 15) is 0 Å². The summed E-state index contributed by atoms with van der Waals surface area (Å²) < 4.78 is 0. The molecule has 0 radical (unpaired) electrons. The molecule has 1 atom stereocenters. The van der Waals surface area contributed by atoms with Crippen molar-refractivity contribution >= 4 is 0 Å². The standard InChI is InChI=1S/C19H32N2/c1-6-21(17-12-13-17)15-19(5,14-20-18(2,3)4)16-10-8-7-9-11-16/h7-11,17,20H,6,12-15H2,1-5H3. The van der Waals surface area contributed by atoms with Crippen LogP contribution in [0, 0.1) is 0 Å². The lowest BCUT2D eigenvalue weighted by Gasteiger charge is -2.38. The van der Waals surface area contributed by atoms with Crippen LogP contribution in [0.2, 0.25) is 0 Å². The maximum Gasteiger partial charge on any atom is 0.0177 e. The van der Waals surface area contributed by atoms with Crippen LogP contribution in [-0.4, -0.2) is 36.1 Å². The minimum Gasteiger partial charge on any atom is -0.311 e. The van der Waals surface area contributed by atoms with Crippen LogP contribution < -0.4 is 5.32 Å². The minimum absolute atomic E-state index is 0.159. The Balaban J connectivity index is 2.16. The zero-order chi connectivity index (χ0) is 15.5. The molecule has 0 amide bonds. The van der Waals surface area contributed by atoms with Crippen LogP contribution in [0.1, 0.15) is 53.0 Å². The first-order valence-corrected chi connectivity index (χ1v) is 8.39. The van der Waals surface area contributed by atoms with Gasteiger partial charge in [0, 0.05) is 30.1 Å². The van der Waals surface area contributed by atoms with E-state index in [-0.39, 0.29) is 11.0 Å². The molecule has 1 aliphatic carbocycles. The van der Waals surface area contributed by atoms with Gasteiger partial charge in [0.25, 0.3) is 0 Å². The van der Waals surface area contributed by atoms with E-state index in [0.29, 0.717) is 0 Å². The average Bonchev–Trinajstić information content (AvgIpc) is 3.27. The van der Waals surface area contributed by atoms with Gasteiger partial charge in [-0.05, 0) is 45.7 Å². The van der Waals surface area contributed by atoms with Crippen molar-refractivity contribution in [1.29, 1.82) is 0 Å². The zero-order valence-electron chi connectivity index (χ0n) is 14.4. The monoisotopic (exact) mass is 288 g/mol. The Morgan fingerprint density at radius 1 is 1.10 bits per heavy atom. The predicted octanol–water partition coefficient (Wildman–Crippen LogP) is 3.82. The van der Waals surface area contributed by atoms with Crippen molar-refractivity contribution in [1.82, 2.24) is 10.2 Å². The molecule has 1 unspecified atom stereocenters. The highest BCUT2D eigenvalue weighted by molar-refractivity contribution is 5.26. The summed E-state index contributed by atoms with van der Waals surface area (Å²) >= 11 is 0. The second-order valence-corrected chi connectivity index (χ2v) is 7.82. The molecule has 1 saturated carbocycles. The lowest BCUT2D eigenvalue weighted by atomic mass is 9.81. The van der Waals surface area contributed by atoms with Crippen molar-refractivity contribution in [3.63, 3.8) is 0 Å². The lowest BCUT2D eigenvalue weighted by Crippen LogP contribution is -2.50. The number of hydrogen-bond donors (Lipinski definition) is 1. The van der Waals surface area contributed by atoms with Crippen LogP contribution in [0.3, 0.4) is 0 Å². The van der Waals surface area contributed by atoms with Gasteiger partial charge in [0.1, 0.15) is 0 Å². The molecule has 2 heteroatoms. The second kappa shape index (κ2) is 6.50. The molecule has 0 aliphatic heterocycles. The van der Waals surface area contributed by atoms with Crippen molar-refractivity contribution in [3.05, 3.63) is 35.9 Å². The maximum atomic E-state index is 3.72. The van der Waals surface area contributed by atoms with E-state index in [1.807, 2.05) is 0 Å². The van der Waals surface area contributed by atoms with Gasteiger partial charge in [-0.1, -0.05) is 44.2 Å². The number of rotatable bonds is 7. The summed E-state index contributed by atoms with van der Waals surface area (Å²) in [4.78, 5) is 2.66. The Morgan fingerprint density at radius 2 is 1.71 bits per heavy atom.